The van der Waals surface area contributed by atoms with E-state index in [0.29, 0.717) is 11.1 Å². The van der Waals surface area contributed by atoms with Crippen molar-refractivity contribution in [2.24, 2.45) is 32.9 Å². The Morgan fingerprint density at radius 2 is 0.842 bits per heavy atom. The van der Waals surface area contributed by atoms with E-state index >= 15 is 0 Å². The number of hydrogen-bond acceptors (Lipinski definition) is 4. The molecule has 0 bridgehead atoms. The molecule has 8 N–H and O–H groups in total. The average Bonchev–Trinajstić information content (AvgIpc) is 2.92. The van der Waals surface area contributed by atoms with Crippen molar-refractivity contribution >= 4 is 45.5 Å². The van der Waals surface area contributed by atoms with Crippen LogP contribution in [0.5, 0.6) is 0 Å². The summed E-state index contributed by atoms with van der Waals surface area (Å²) in [6.07, 6.45) is 0. The molecule has 0 radical (unpaired) electrons. The molecule has 0 saturated carbocycles. The standard InChI is InChI=1S/C28H22N8O2/c29-27(30)35-25(37)19-7-1-15(2-8-19)21-13-11-17-5-6-18-12-14-22(34-24(18)23(17)33-21)16-3-9-20(10-4-16)26(38)36-28(31)32/h1-14H,(H4,29,30,35,37)(H4,31,32,36,38). The lowest BCUT2D eigenvalue weighted by atomic mass is 10.0. The van der Waals surface area contributed by atoms with Gasteiger partial charge in [0.15, 0.2) is 11.9 Å². The molecule has 38 heavy (non-hydrogen) atoms. The number of benzene rings is 3. The fourth-order valence-electron chi connectivity index (χ4n) is 4.02. The molecule has 0 atom stereocenters. The number of nitrogens with two attached hydrogens (primary N) is 4. The number of amides is 2. The number of nitrogens with zero attached hydrogens (tertiary/aromatic N) is 4. The Hall–Kier alpha value is -5.64. The van der Waals surface area contributed by atoms with Crippen LogP contribution in [-0.4, -0.2) is 33.7 Å². The zero-order valence-corrected chi connectivity index (χ0v) is 20.0. The maximum absolute atomic E-state index is 12.1. The van der Waals surface area contributed by atoms with Gasteiger partial charge in [-0.15, -0.1) is 0 Å². The summed E-state index contributed by atoms with van der Waals surface area (Å²) < 4.78 is 0. The molecule has 0 aliphatic carbocycles. The Morgan fingerprint density at radius 1 is 0.500 bits per heavy atom. The highest BCUT2D eigenvalue weighted by molar-refractivity contribution is 6.05. The molecule has 0 fully saturated rings. The van der Waals surface area contributed by atoms with Gasteiger partial charge in [0.2, 0.25) is 0 Å². The van der Waals surface area contributed by atoms with Gasteiger partial charge in [0, 0.05) is 33.0 Å². The molecular weight excluding hydrogens is 480 g/mol. The summed E-state index contributed by atoms with van der Waals surface area (Å²) in [5.74, 6) is -1.60. The van der Waals surface area contributed by atoms with Crippen molar-refractivity contribution in [2.75, 3.05) is 0 Å². The number of hydrogen-bond donors (Lipinski definition) is 4. The lowest BCUT2D eigenvalue weighted by Crippen LogP contribution is -2.24. The largest absolute Gasteiger partial charge is 0.370 e. The van der Waals surface area contributed by atoms with E-state index in [2.05, 4.69) is 9.98 Å². The number of pyridine rings is 2. The Labute approximate surface area is 216 Å². The molecule has 0 unspecified atom stereocenters. The zero-order valence-electron chi connectivity index (χ0n) is 20.0. The van der Waals surface area contributed by atoms with E-state index in [1.54, 1.807) is 48.5 Å². The Bertz CT molecular complexity index is 1640. The van der Waals surface area contributed by atoms with Crippen LogP contribution in [0, 0.1) is 0 Å². The van der Waals surface area contributed by atoms with Crippen LogP contribution in [0.25, 0.3) is 44.3 Å². The molecule has 0 saturated heterocycles. The van der Waals surface area contributed by atoms with E-state index in [-0.39, 0.29) is 11.9 Å². The van der Waals surface area contributed by atoms with Crippen LogP contribution in [-0.2, 0) is 0 Å². The SMILES string of the molecule is NC(N)=NC(=O)c1ccc(-c2ccc3ccc4ccc(-c5ccc(C(=O)N=C(N)N)cc5)nc4c3n2)cc1. The van der Waals surface area contributed by atoms with Crippen molar-refractivity contribution in [3.8, 4) is 22.5 Å². The van der Waals surface area contributed by atoms with Gasteiger partial charge >= 0.3 is 0 Å². The van der Waals surface area contributed by atoms with Crippen molar-refractivity contribution < 1.29 is 9.59 Å². The van der Waals surface area contributed by atoms with Crippen LogP contribution < -0.4 is 22.9 Å². The summed E-state index contributed by atoms with van der Waals surface area (Å²) in [5, 5.41) is 1.87. The predicted octanol–water partition coefficient (Wildman–Crippen LogP) is 2.94. The van der Waals surface area contributed by atoms with E-state index in [4.69, 9.17) is 32.9 Å². The van der Waals surface area contributed by atoms with Crippen LogP contribution in [0.1, 0.15) is 20.7 Å². The molecule has 0 spiro atoms. The first kappa shape index (κ1) is 24.1. The highest BCUT2D eigenvalue weighted by Gasteiger charge is 2.11. The minimum absolute atomic E-state index is 0.288. The number of aliphatic imine (C=N–C) groups is 2. The molecule has 5 rings (SSSR count). The predicted molar refractivity (Wildman–Crippen MR) is 148 cm³/mol. The van der Waals surface area contributed by atoms with E-state index in [1.807, 2.05) is 36.4 Å². The summed E-state index contributed by atoms with van der Waals surface area (Å²) in [7, 11) is 0. The van der Waals surface area contributed by atoms with Gasteiger partial charge in [0.25, 0.3) is 11.8 Å². The number of aromatic nitrogens is 2. The van der Waals surface area contributed by atoms with Gasteiger partial charge in [0.05, 0.1) is 22.4 Å². The van der Waals surface area contributed by atoms with Gasteiger partial charge in [-0.3, -0.25) is 9.59 Å². The number of carbonyl (C=O) groups excluding carboxylic acids is 2. The smallest absolute Gasteiger partial charge is 0.280 e. The Balaban J connectivity index is 1.53. The molecule has 0 aliphatic rings. The lowest BCUT2D eigenvalue weighted by molar-refractivity contribution is 0.0994. The number of rotatable bonds is 4. The van der Waals surface area contributed by atoms with Gasteiger partial charge in [-0.1, -0.05) is 48.5 Å². The first-order valence-corrected chi connectivity index (χ1v) is 11.5. The summed E-state index contributed by atoms with van der Waals surface area (Å²) in [5.41, 5.74) is 26.5. The van der Waals surface area contributed by atoms with E-state index < -0.39 is 11.8 Å². The molecule has 2 amide bonds. The third kappa shape index (κ3) is 4.86. The minimum Gasteiger partial charge on any atom is -0.370 e. The summed E-state index contributed by atoms with van der Waals surface area (Å²) in [6.45, 7) is 0. The average molecular weight is 503 g/mol. The molecule has 2 heterocycles. The summed E-state index contributed by atoms with van der Waals surface area (Å²) in [4.78, 5) is 41.0. The highest BCUT2D eigenvalue weighted by Crippen LogP contribution is 2.29. The molecular formula is C28H22N8O2. The van der Waals surface area contributed by atoms with Crippen molar-refractivity contribution in [1.29, 1.82) is 0 Å². The second kappa shape index (κ2) is 9.78. The highest BCUT2D eigenvalue weighted by atomic mass is 16.1. The van der Waals surface area contributed by atoms with Gasteiger partial charge < -0.3 is 22.9 Å². The minimum atomic E-state index is -0.514. The van der Waals surface area contributed by atoms with E-state index in [9.17, 15) is 9.59 Å². The van der Waals surface area contributed by atoms with Crippen LogP contribution >= 0.6 is 0 Å². The first-order valence-electron chi connectivity index (χ1n) is 11.5. The zero-order chi connectivity index (χ0) is 26.8. The fraction of sp³-hybridized carbons (Fsp3) is 0. The second-order valence-electron chi connectivity index (χ2n) is 8.44. The molecule has 10 heteroatoms. The van der Waals surface area contributed by atoms with Crippen molar-refractivity contribution in [1.82, 2.24) is 9.97 Å². The molecule has 10 nitrogen and oxygen atoms in total. The fourth-order valence-corrected chi connectivity index (χ4v) is 4.02. The van der Waals surface area contributed by atoms with Crippen molar-refractivity contribution in [2.45, 2.75) is 0 Å². The number of carbonyl (C=O) groups is 2. The summed E-state index contributed by atoms with van der Waals surface area (Å²) >= 11 is 0. The molecule has 0 aliphatic heterocycles. The second-order valence-corrected chi connectivity index (χ2v) is 8.44. The van der Waals surface area contributed by atoms with E-state index in [0.717, 1.165) is 44.3 Å². The van der Waals surface area contributed by atoms with Gasteiger partial charge in [-0.05, 0) is 36.4 Å². The maximum atomic E-state index is 12.1. The van der Waals surface area contributed by atoms with Crippen LogP contribution in [0.3, 0.4) is 0 Å². The maximum Gasteiger partial charge on any atom is 0.280 e. The number of fused-ring (bicyclic) bond motifs is 3. The molecule has 5 aromatic rings. The van der Waals surface area contributed by atoms with E-state index in [1.165, 1.54) is 0 Å². The normalized spacial score (nSPS) is 10.7. The van der Waals surface area contributed by atoms with Gasteiger partial charge in [-0.2, -0.15) is 9.98 Å². The van der Waals surface area contributed by atoms with Crippen LogP contribution in [0.15, 0.2) is 94.9 Å². The first-order chi connectivity index (χ1) is 18.3. The molecule has 3 aromatic carbocycles. The van der Waals surface area contributed by atoms with Gasteiger partial charge in [-0.25, -0.2) is 9.97 Å². The van der Waals surface area contributed by atoms with Crippen molar-refractivity contribution in [3.05, 3.63) is 96.1 Å². The molecule has 186 valence electrons. The lowest BCUT2D eigenvalue weighted by Gasteiger charge is -2.09. The summed E-state index contributed by atoms with van der Waals surface area (Å²) in [6, 6.07) is 25.5. The van der Waals surface area contributed by atoms with Gasteiger partial charge in [0.1, 0.15) is 0 Å². The Kier molecular flexibility index (Phi) is 6.20. The third-order valence-electron chi connectivity index (χ3n) is 5.84. The van der Waals surface area contributed by atoms with Crippen LogP contribution in [0.4, 0.5) is 0 Å². The monoisotopic (exact) mass is 502 g/mol. The third-order valence-corrected chi connectivity index (χ3v) is 5.84. The quantitative estimate of drug-likeness (QED) is 0.164. The number of guanidine groups is 2. The topological polar surface area (TPSA) is 189 Å². The Morgan fingerprint density at radius 3 is 1.18 bits per heavy atom. The van der Waals surface area contributed by atoms with Crippen LogP contribution in [0.2, 0.25) is 0 Å². The molecule has 2 aromatic heterocycles. The van der Waals surface area contributed by atoms with Crippen molar-refractivity contribution in [3.63, 3.8) is 0 Å².